The Hall–Kier alpha value is -1.00. The van der Waals surface area contributed by atoms with Gasteiger partial charge in [0.25, 0.3) is 0 Å². The van der Waals surface area contributed by atoms with E-state index < -0.39 is 11.8 Å². The monoisotopic (exact) mass is 252 g/mol. The largest absolute Gasteiger partial charge is 0.491 e. The van der Waals surface area contributed by atoms with E-state index in [0.717, 1.165) is 6.07 Å². The number of rotatable bonds is 4. The van der Waals surface area contributed by atoms with Gasteiger partial charge < -0.3 is 9.84 Å². The predicted octanol–water partition coefficient (Wildman–Crippen LogP) is 2.99. The smallest absolute Gasteiger partial charge is 0.306 e. The second-order valence-electron chi connectivity index (χ2n) is 2.69. The van der Waals surface area contributed by atoms with E-state index in [2.05, 4.69) is 0 Å². The minimum absolute atomic E-state index is 0.0733. The van der Waals surface area contributed by atoms with Crippen molar-refractivity contribution in [2.45, 2.75) is 6.42 Å². The van der Waals surface area contributed by atoms with E-state index in [1.165, 1.54) is 6.07 Å². The molecule has 0 saturated carbocycles. The lowest BCUT2D eigenvalue weighted by molar-refractivity contribution is -0.137. The molecule has 1 aromatic rings. The van der Waals surface area contributed by atoms with Crippen molar-refractivity contribution >= 4 is 29.2 Å². The first kappa shape index (κ1) is 12.1. The zero-order valence-electron chi connectivity index (χ0n) is 7.47. The number of carboxylic acids is 1. The van der Waals surface area contributed by atoms with Crippen LogP contribution in [-0.4, -0.2) is 17.7 Å². The molecule has 0 unspecified atom stereocenters. The van der Waals surface area contributed by atoms with Crippen molar-refractivity contribution in [1.29, 1.82) is 0 Å². The van der Waals surface area contributed by atoms with Crippen LogP contribution < -0.4 is 4.74 Å². The molecule has 0 fully saturated rings. The van der Waals surface area contributed by atoms with Gasteiger partial charge in [-0.05, 0) is 6.07 Å². The highest BCUT2D eigenvalue weighted by molar-refractivity contribution is 6.35. The number of hydrogen-bond donors (Lipinski definition) is 1. The Morgan fingerprint density at radius 2 is 2.07 bits per heavy atom. The van der Waals surface area contributed by atoms with E-state index in [-0.39, 0.29) is 28.8 Å². The van der Waals surface area contributed by atoms with Gasteiger partial charge in [0.15, 0.2) is 0 Å². The number of aliphatic carboxylic acids is 1. The lowest BCUT2D eigenvalue weighted by atomic mass is 10.3. The average molecular weight is 253 g/mol. The standard InChI is InChI=1S/C9H7Cl2FO3/c10-5-3-6(11)8(4-7(5)12)15-2-1-9(13)14/h3-4H,1-2H2,(H,13,14). The molecule has 0 heterocycles. The molecule has 15 heavy (non-hydrogen) atoms. The number of ether oxygens (including phenoxy) is 1. The third-order valence-corrected chi connectivity index (χ3v) is 2.13. The van der Waals surface area contributed by atoms with Gasteiger partial charge in [-0.15, -0.1) is 0 Å². The van der Waals surface area contributed by atoms with Crippen molar-refractivity contribution in [2.75, 3.05) is 6.61 Å². The normalized spacial score (nSPS) is 10.1. The molecular weight excluding hydrogens is 246 g/mol. The molecule has 1 rings (SSSR count). The van der Waals surface area contributed by atoms with Gasteiger partial charge in [0.2, 0.25) is 0 Å². The summed E-state index contributed by atoms with van der Waals surface area (Å²) in [5.41, 5.74) is 0. The Morgan fingerprint density at radius 3 is 2.67 bits per heavy atom. The number of halogens is 3. The van der Waals surface area contributed by atoms with E-state index in [4.69, 9.17) is 33.0 Å². The lowest BCUT2D eigenvalue weighted by Gasteiger charge is -2.07. The second kappa shape index (κ2) is 5.19. The Kier molecular flexibility index (Phi) is 4.17. The zero-order chi connectivity index (χ0) is 11.4. The molecule has 0 bridgehead atoms. The van der Waals surface area contributed by atoms with Gasteiger partial charge in [-0.2, -0.15) is 0 Å². The first-order valence-electron chi connectivity index (χ1n) is 4.00. The fourth-order valence-corrected chi connectivity index (χ4v) is 1.30. The number of carboxylic acid groups (broad SMARTS) is 1. The summed E-state index contributed by atoms with van der Waals surface area (Å²) >= 11 is 11.2. The van der Waals surface area contributed by atoms with Gasteiger partial charge in [-0.3, -0.25) is 4.79 Å². The predicted molar refractivity (Wildman–Crippen MR) is 54.2 cm³/mol. The maximum atomic E-state index is 13.0. The summed E-state index contributed by atoms with van der Waals surface area (Å²) in [6.45, 7) is -0.0733. The van der Waals surface area contributed by atoms with Crippen molar-refractivity contribution in [3.05, 3.63) is 28.0 Å². The average Bonchev–Trinajstić information content (AvgIpc) is 2.13. The molecule has 0 amide bonds. The van der Waals surface area contributed by atoms with Crippen molar-refractivity contribution in [3.63, 3.8) is 0 Å². The van der Waals surface area contributed by atoms with Crippen LogP contribution >= 0.6 is 23.2 Å². The van der Waals surface area contributed by atoms with E-state index in [9.17, 15) is 9.18 Å². The zero-order valence-corrected chi connectivity index (χ0v) is 8.98. The number of carbonyl (C=O) groups is 1. The molecule has 0 aliphatic rings. The minimum Gasteiger partial charge on any atom is -0.491 e. The third-order valence-electron chi connectivity index (χ3n) is 1.55. The summed E-state index contributed by atoms with van der Waals surface area (Å²) in [7, 11) is 0. The summed E-state index contributed by atoms with van der Waals surface area (Å²) in [5.74, 6) is -1.58. The summed E-state index contributed by atoms with van der Waals surface area (Å²) in [6, 6.07) is 2.22. The summed E-state index contributed by atoms with van der Waals surface area (Å²) in [6.07, 6.45) is -0.180. The molecule has 1 N–H and O–H groups in total. The van der Waals surface area contributed by atoms with E-state index in [1.807, 2.05) is 0 Å². The molecule has 3 nitrogen and oxygen atoms in total. The molecule has 0 aromatic heterocycles. The molecule has 1 aromatic carbocycles. The first-order chi connectivity index (χ1) is 7.00. The van der Waals surface area contributed by atoms with Crippen LogP contribution in [0.15, 0.2) is 12.1 Å². The minimum atomic E-state index is -0.999. The third kappa shape index (κ3) is 3.57. The summed E-state index contributed by atoms with van der Waals surface area (Å²) in [4.78, 5) is 10.2. The topological polar surface area (TPSA) is 46.5 Å². The van der Waals surface area contributed by atoms with Crippen molar-refractivity contribution in [2.24, 2.45) is 0 Å². The molecule has 82 valence electrons. The van der Waals surface area contributed by atoms with Crippen molar-refractivity contribution in [1.82, 2.24) is 0 Å². The Labute approximate surface area is 95.4 Å². The fraction of sp³-hybridized carbons (Fsp3) is 0.222. The van der Waals surface area contributed by atoms with Crippen LogP contribution in [0.3, 0.4) is 0 Å². The van der Waals surface area contributed by atoms with E-state index in [1.54, 1.807) is 0 Å². The van der Waals surface area contributed by atoms with Crippen molar-refractivity contribution in [3.8, 4) is 5.75 Å². The second-order valence-corrected chi connectivity index (χ2v) is 3.50. The number of hydrogen-bond acceptors (Lipinski definition) is 2. The van der Waals surface area contributed by atoms with E-state index in [0.29, 0.717) is 0 Å². The molecule has 0 aliphatic carbocycles. The number of benzene rings is 1. The van der Waals surface area contributed by atoms with Gasteiger partial charge >= 0.3 is 5.97 Å². The molecular formula is C9H7Cl2FO3. The molecule has 6 heteroatoms. The van der Waals surface area contributed by atoms with Gasteiger partial charge in [-0.25, -0.2) is 4.39 Å². The van der Waals surface area contributed by atoms with Crippen LogP contribution in [0.25, 0.3) is 0 Å². The Balaban J connectivity index is 2.69. The van der Waals surface area contributed by atoms with Crippen LogP contribution in [0.5, 0.6) is 5.75 Å². The molecule has 0 spiro atoms. The highest BCUT2D eigenvalue weighted by Gasteiger charge is 2.08. The van der Waals surface area contributed by atoms with Gasteiger partial charge in [-0.1, -0.05) is 23.2 Å². The Bertz CT molecular complexity index is 382. The summed E-state index contributed by atoms with van der Waals surface area (Å²) in [5, 5.41) is 8.39. The van der Waals surface area contributed by atoms with Crippen LogP contribution in [0, 0.1) is 5.82 Å². The highest BCUT2D eigenvalue weighted by atomic mass is 35.5. The van der Waals surface area contributed by atoms with Crippen molar-refractivity contribution < 1.29 is 19.0 Å². The fourth-order valence-electron chi connectivity index (χ4n) is 0.863. The Morgan fingerprint density at radius 1 is 1.40 bits per heavy atom. The molecule has 0 aliphatic heterocycles. The molecule has 0 radical (unpaired) electrons. The quantitative estimate of drug-likeness (QED) is 0.839. The maximum Gasteiger partial charge on any atom is 0.306 e. The van der Waals surface area contributed by atoms with Gasteiger partial charge in [0.05, 0.1) is 23.1 Å². The van der Waals surface area contributed by atoms with Crippen LogP contribution in [-0.2, 0) is 4.79 Å². The van der Waals surface area contributed by atoms with E-state index >= 15 is 0 Å². The first-order valence-corrected chi connectivity index (χ1v) is 4.75. The highest BCUT2D eigenvalue weighted by Crippen LogP contribution is 2.30. The summed E-state index contributed by atoms with van der Waals surface area (Å²) < 4.78 is 17.9. The maximum absolute atomic E-state index is 13.0. The lowest BCUT2D eigenvalue weighted by Crippen LogP contribution is -2.05. The van der Waals surface area contributed by atoms with Crippen LogP contribution in [0.1, 0.15) is 6.42 Å². The molecule has 0 saturated heterocycles. The molecule has 0 atom stereocenters. The van der Waals surface area contributed by atoms with Crippen LogP contribution in [0.2, 0.25) is 10.0 Å². The van der Waals surface area contributed by atoms with Crippen LogP contribution in [0.4, 0.5) is 4.39 Å². The van der Waals surface area contributed by atoms with Gasteiger partial charge in [0.1, 0.15) is 11.6 Å². The SMILES string of the molecule is O=C(O)CCOc1cc(F)c(Cl)cc1Cl. The van der Waals surface area contributed by atoms with Gasteiger partial charge in [0, 0.05) is 6.07 Å².